The largest absolute Gasteiger partial charge is 0.401 e. The van der Waals surface area contributed by atoms with Crippen LogP contribution in [-0.2, 0) is 14.3 Å². The van der Waals surface area contributed by atoms with Crippen LogP contribution in [0.25, 0.3) is 0 Å². The average Bonchev–Trinajstić information content (AvgIpc) is 2.61. The van der Waals surface area contributed by atoms with E-state index in [0.29, 0.717) is 23.7 Å². The number of carbonyl (C=O) groups excluding carboxylic acids is 2. The van der Waals surface area contributed by atoms with E-state index in [0.717, 1.165) is 0 Å². The first-order valence-electron chi connectivity index (χ1n) is 8.68. The molecule has 1 saturated heterocycles. The number of halogens is 5. The number of nitrogens with zero attached hydrogens (tertiary/aromatic N) is 2. The molecule has 1 aliphatic rings. The zero-order valence-corrected chi connectivity index (χ0v) is 15.3. The van der Waals surface area contributed by atoms with Crippen LogP contribution in [0.1, 0.15) is 0 Å². The van der Waals surface area contributed by atoms with E-state index < -0.39 is 44.2 Å². The number of ether oxygens (including phenoxy) is 1. The third kappa shape index (κ3) is 6.91. The Labute approximate surface area is 163 Å². The zero-order valence-electron chi connectivity index (χ0n) is 15.3. The lowest BCUT2D eigenvalue weighted by atomic mass is 10.2. The van der Waals surface area contributed by atoms with Gasteiger partial charge in [0.1, 0.15) is 12.6 Å². The van der Waals surface area contributed by atoms with Gasteiger partial charge in [-0.2, -0.15) is 13.2 Å². The number of morpholine rings is 1. The highest BCUT2D eigenvalue weighted by atomic mass is 19.4. The number of alkyl halides is 5. The topological polar surface area (TPSA) is 87.9 Å². The van der Waals surface area contributed by atoms with E-state index >= 15 is 0 Å². The number of nitrogens with one attached hydrogen (secondary N) is 1. The third-order valence-electron chi connectivity index (χ3n) is 4.15. The minimum atomic E-state index is -4.77. The number of carbonyl (C=O) groups is 2. The summed E-state index contributed by atoms with van der Waals surface area (Å²) in [6.07, 6.45) is -7.83. The van der Waals surface area contributed by atoms with Crippen LogP contribution in [0.3, 0.4) is 0 Å². The van der Waals surface area contributed by atoms with Crippen molar-refractivity contribution in [1.29, 1.82) is 0 Å². The first-order valence-corrected chi connectivity index (χ1v) is 8.68. The van der Waals surface area contributed by atoms with Crippen molar-refractivity contribution in [1.82, 2.24) is 4.90 Å². The summed E-state index contributed by atoms with van der Waals surface area (Å²) in [5.74, 6) is -1.17. The van der Waals surface area contributed by atoms with Gasteiger partial charge in [0.15, 0.2) is 0 Å². The molecule has 1 heterocycles. The molecule has 0 bridgehead atoms. The lowest BCUT2D eigenvalue weighted by Crippen LogP contribution is -2.53. The summed E-state index contributed by atoms with van der Waals surface area (Å²) >= 11 is 0. The minimum absolute atomic E-state index is 0.0458. The first-order chi connectivity index (χ1) is 13.6. The quantitative estimate of drug-likeness (QED) is 0.617. The maximum atomic E-state index is 12.7. The van der Waals surface area contributed by atoms with Gasteiger partial charge in [0.25, 0.3) is 12.3 Å². The maximum Gasteiger partial charge on any atom is 0.401 e. The Morgan fingerprint density at radius 1 is 1.28 bits per heavy atom. The Balaban J connectivity index is 2.08. The van der Waals surface area contributed by atoms with Crippen LogP contribution in [0.15, 0.2) is 24.3 Å². The molecule has 162 valence electrons. The van der Waals surface area contributed by atoms with Gasteiger partial charge < -0.3 is 20.7 Å². The van der Waals surface area contributed by atoms with Crippen molar-refractivity contribution >= 4 is 23.2 Å². The van der Waals surface area contributed by atoms with E-state index in [-0.39, 0.29) is 18.2 Å². The van der Waals surface area contributed by atoms with Crippen molar-refractivity contribution in [3.63, 3.8) is 0 Å². The maximum absolute atomic E-state index is 12.7. The second kappa shape index (κ2) is 9.94. The highest BCUT2D eigenvalue weighted by molar-refractivity contribution is 5.97. The van der Waals surface area contributed by atoms with Crippen molar-refractivity contribution in [2.45, 2.75) is 18.6 Å². The number of hydrogen-bond donors (Lipinski definition) is 2. The predicted octanol–water partition coefficient (Wildman–Crippen LogP) is 1.44. The van der Waals surface area contributed by atoms with Crippen molar-refractivity contribution in [3.8, 4) is 0 Å². The number of nitrogens with two attached hydrogens (primary N) is 1. The van der Waals surface area contributed by atoms with Crippen LogP contribution in [-0.4, -0.2) is 74.8 Å². The first kappa shape index (κ1) is 23.0. The van der Waals surface area contributed by atoms with Crippen LogP contribution in [0.5, 0.6) is 0 Å². The normalized spacial score (nSPS) is 16.4. The van der Waals surface area contributed by atoms with Crippen LogP contribution < -0.4 is 16.0 Å². The van der Waals surface area contributed by atoms with Gasteiger partial charge in [-0.25, -0.2) is 8.78 Å². The van der Waals surface area contributed by atoms with Crippen LogP contribution >= 0.6 is 0 Å². The molecule has 0 aliphatic carbocycles. The Kier molecular flexibility index (Phi) is 7.88. The second-order valence-corrected chi connectivity index (χ2v) is 6.32. The summed E-state index contributed by atoms with van der Waals surface area (Å²) in [5.41, 5.74) is 6.17. The van der Waals surface area contributed by atoms with Crippen LogP contribution in [0.4, 0.5) is 33.3 Å². The fourth-order valence-electron chi connectivity index (χ4n) is 2.87. The summed E-state index contributed by atoms with van der Waals surface area (Å²) in [4.78, 5) is 26.0. The molecule has 1 aromatic carbocycles. The van der Waals surface area contributed by atoms with Gasteiger partial charge in [-0.3, -0.25) is 14.5 Å². The monoisotopic (exact) mass is 424 g/mol. The second-order valence-electron chi connectivity index (χ2n) is 6.32. The van der Waals surface area contributed by atoms with E-state index in [1.54, 1.807) is 12.1 Å². The molecule has 29 heavy (non-hydrogen) atoms. The Morgan fingerprint density at radius 3 is 2.45 bits per heavy atom. The number of amides is 2. The van der Waals surface area contributed by atoms with Crippen molar-refractivity contribution in [3.05, 3.63) is 24.3 Å². The molecule has 1 aliphatic heterocycles. The molecule has 2 rings (SSSR count). The average molecular weight is 424 g/mol. The van der Waals surface area contributed by atoms with E-state index in [2.05, 4.69) is 5.32 Å². The lowest BCUT2D eigenvalue weighted by molar-refractivity contribution is -0.157. The molecule has 3 N–H and O–H groups in total. The number of hydrogen-bond acceptors (Lipinski definition) is 5. The Hall–Kier alpha value is -2.31. The summed E-state index contributed by atoms with van der Waals surface area (Å²) < 4.78 is 68.5. The molecule has 0 unspecified atom stereocenters. The van der Waals surface area contributed by atoms with E-state index in [9.17, 15) is 31.5 Å². The molecule has 1 atom stereocenters. The molecule has 1 fully saturated rings. The smallest absolute Gasteiger partial charge is 0.370 e. The summed E-state index contributed by atoms with van der Waals surface area (Å²) in [6, 6.07) is 4.40. The SMILES string of the molecule is NC[C@@H](C(=O)Nc1ccc(N2CCOCC2=O)cc1)N(CC(F)F)CC(F)(F)F. The molecule has 7 nitrogen and oxygen atoms in total. The predicted molar refractivity (Wildman–Crippen MR) is 94.7 cm³/mol. The molecule has 0 saturated carbocycles. The lowest BCUT2D eigenvalue weighted by Gasteiger charge is -2.30. The molecular weight excluding hydrogens is 403 g/mol. The molecular formula is C17H21F5N4O3. The van der Waals surface area contributed by atoms with Gasteiger partial charge in [0.2, 0.25) is 5.91 Å². The Bertz CT molecular complexity index is 699. The van der Waals surface area contributed by atoms with E-state index in [1.165, 1.54) is 17.0 Å². The summed E-state index contributed by atoms with van der Waals surface area (Å²) in [7, 11) is 0. The number of benzene rings is 1. The van der Waals surface area contributed by atoms with Gasteiger partial charge in [0, 0.05) is 24.5 Å². The minimum Gasteiger partial charge on any atom is -0.370 e. The highest BCUT2D eigenvalue weighted by Gasteiger charge is 2.37. The zero-order chi connectivity index (χ0) is 21.6. The Morgan fingerprint density at radius 2 is 1.93 bits per heavy atom. The fourth-order valence-corrected chi connectivity index (χ4v) is 2.87. The summed E-state index contributed by atoms with van der Waals surface area (Å²) in [5, 5.41) is 2.37. The third-order valence-corrected chi connectivity index (χ3v) is 4.15. The van der Waals surface area contributed by atoms with E-state index in [1.807, 2.05) is 0 Å². The van der Waals surface area contributed by atoms with Gasteiger partial charge in [0.05, 0.1) is 19.7 Å². The fraction of sp³-hybridized carbons (Fsp3) is 0.529. The van der Waals surface area contributed by atoms with Crippen LogP contribution in [0.2, 0.25) is 0 Å². The van der Waals surface area contributed by atoms with Crippen molar-refractivity contribution in [2.75, 3.05) is 49.6 Å². The number of rotatable bonds is 8. The molecule has 12 heteroatoms. The molecule has 1 aromatic rings. The van der Waals surface area contributed by atoms with Gasteiger partial charge >= 0.3 is 6.18 Å². The van der Waals surface area contributed by atoms with Gasteiger partial charge in [-0.1, -0.05) is 0 Å². The number of anilines is 2. The highest BCUT2D eigenvalue weighted by Crippen LogP contribution is 2.22. The summed E-state index contributed by atoms with van der Waals surface area (Å²) in [6.45, 7) is -2.82. The molecule has 2 amide bonds. The molecule has 0 aromatic heterocycles. The van der Waals surface area contributed by atoms with Crippen LogP contribution in [0, 0.1) is 0 Å². The van der Waals surface area contributed by atoms with Crippen molar-refractivity contribution in [2.24, 2.45) is 5.73 Å². The molecule has 0 spiro atoms. The van der Waals surface area contributed by atoms with Crippen molar-refractivity contribution < 1.29 is 36.3 Å². The standard InChI is InChI=1S/C17H21F5N4O3/c18-14(19)8-25(10-17(20,21)22)13(7-23)16(28)24-11-1-3-12(4-2-11)26-5-6-29-9-15(26)27/h1-4,13-14H,5-10,23H2,(H,24,28)/t13-/m0/s1. The van der Waals surface area contributed by atoms with Gasteiger partial charge in [-0.05, 0) is 24.3 Å². The van der Waals surface area contributed by atoms with Gasteiger partial charge in [-0.15, -0.1) is 0 Å². The molecule has 0 radical (unpaired) electrons. The van der Waals surface area contributed by atoms with E-state index in [4.69, 9.17) is 10.5 Å².